The number of sulfone groups is 1. The average Bonchev–Trinajstić information content (AvgIpc) is 3.62. The van der Waals surface area contributed by atoms with E-state index in [1.165, 1.54) is 0 Å². The van der Waals surface area contributed by atoms with Gasteiger partial charge in [-0.15, -0.1) is 21.5 Å². The highest BCUT2D eigenvalue weighted by atomic mass is 32.2. The smallest absolute Gasteiger partial charge is 0.404 e. The maximum Gasteiger partial charge on any atom is 0.404 e. The lowest BCUT2D eigenvalue weighted by Crippen LogP contribution is -2.40. The molecule has 3 heterocycles. The van der Waals surface area contributed by atoms with Crippen LogP contribution in [0.5, 0.6) is 0 Å². The zero-order valence-corrected chi connectivity index (χ0v) is 25.3. The lowest BCUT2D eigenvalue weighted by molar-refractivity contribution is 0.0303. The van der Waals surface area contributed by atoms with Gasteiger partial charge in [0.2, 0.25) is 11.8 Å². The van der Waals surface area contributed by atoms with Crippen molar-refractivity contribution < 1.29 is 40.7 Å². The van der Waals surface area contributed by atoms with Gasteiger partial charge in [0.1, 0.15) is 5.01 Å². The van der Waals surface area contributed by atoms with E-state index in [4.69, 9.17) is 19.4 Å². The number of thiazole rings is 1. The van der Waals surface area contributed by atoms with Crippen LogP contribution in [0.3, 0.4) is 0 Å². The first kappa shape index (κ1) is 31.4. The van der Waals surface area contributed by atoms with Gasteiger partial charge in [-0.1, -0.05) is 18.2 Å². The molecule has 1 saturated heterocycles. The van der Waals surface area contributed by atoms with Crippen molar-refractivity contribution in [1.82, 2.24) is 30.1 Å². The average molecular weight is 666 g/mol. The van der Waals surface area contributed by atoms with Crippen LogP contribution in [0.4, 0.5) is 4.79 Å². The second-order valence-corrected chi connectivity index (χ2v) is 14.2. The third-order valence-electron chi connectivity index (χ3n) is 6.55. The summed E-state index contributed by atoms with van der Waals surface area (Å²) in [5.41, 5.74) is 2.68. The highest BCUT2D eigenvalue weighted by molar-refractivity contribution is 7.92. The number of nitrogens with two attached hydrogens (primary N) is 1. The number of rotatable bonds is 11. The van der Waals surface area contributed by atoms with E-state index in [1.54, 1.807) is 23.1 Å². The van der Waals surface area contributed by atoms with Gasteiger partial charge in [0.05, 0.1) is 35.7 Å². The van der Waals surface area contributed by atoms with Crippen LogP contribution in [0.15, 0.2) is 46.9 Å². The van der Waals surface area contributed by atoms with E-state index in [1.807, 2.05) is 34.3 Å². The predicted octanol–water partition coefficient (Wildman–Crippen LogP) is 0.884. The summed E-state index contributed by atoms with van der Waals surface area (Å²) >= 11 is 1.07. The minimum atomic E-state index is -4.17. The number of amides is 2. The summed E-state index contributed by atoms with van der Waals surface area (Å²) in [6.07, 6.45) is -1.39. The molecule has 19 heteroatoms. The summed E-state index contributed by atoms with van der Waals surface area (Å²) in [5, 5.41) is 21.9. The molecule has 5 rings (SSSR count). The molecule has 1 unspecified atom stereocenters. The Bertz CT molecular complexity index is 1890. The van der Waals surface area contributed by atoms with Crippen LogP contribution in [0.25, 0.3) is 21.3 Å². The Morgan fingerprint density at radius 1 is 1.05 bits per heavy atom. The minimum Gasteiger partial charge on any atom is -0.465 e. The third kappa shape index (κ3) is 7.55. The lowest BCUT2D eigenvalue weighted by Gasteiger charge is -2.26. The van der Waals surface area contributed by atoms with Gasteiger partial charge in [0, 0.05) is 25.2 Å². The number of ether oxygens (including phenoxy) is 1. The van der Waals surface area contributed by atoms with Crippen molar-refractivity contribution in [3.8, 4) is 11.1 Å². The van der Waals surface area contributed by atoms with Crippen molar-refractivity contribution in [3.63, 3.8) is 0 Å². The van der Waals surface area contributed by atoms with E-state index in [2.05, 4.69) is 15.2 Å². The largest absolute Gasteiger partial charge is 0.465 e. The molecule has 1 aliphatic rings. The standard InChI is InChI=1S/C25H27N7O9S3/c26-44(38,39)28-14-20-30-31-22(41-20)21(43(36,37)12-7-27-25(34)35)23-29-18-6-5-17(13-19(18)42-23)15-1-3-16(4-2-15)24(33)32-8-10-40-11-9-32/h1-6,13,21,27-28H,7-12,14H2,(H,34,35)(H2,26,38,39). The van der Waals surface area contributed by atoms with Gasteiger partial charge < -0.3 is 24.5 Å². The fourth-order valence-corrected chi connectivity index (χ4v) is 7.70. The summed E-state index contributed by atoms with van der Waals surface area (Å²) in [5.74, 6) is -1.28. The number of hydrogen-bond donors (Lipinski definition) is 4. The summed E-state index contributed by atoms with van der Waals surface area (Å²) in [6.45, 7) is 1.21. The molecule has 4 aromatic rings. The Balaban J connectivity index is 1.43. The van der Waals surface area contributed by atoms with Crippen LogP contribution in [-0.4, -0.2) is 92.6 Å². The molecule has 44 heavy (non-hydrogen) atoms. The maximum atomic E-state index is 13.4. The van der Waals surface area contributed by atoms with Crippen molar-refractivity contribution in [1.29, 1.82) is 0 Å². The number of carbonyl (C=O) groups is 2. The molecule has 1 aliphatic heterocycles. The summed E-state index contributed by atoms with van der Waals surface area (Å²) in [6, 6.07) is 12.5. The Labute approximate surface area is 255 Å². The van der Waals surface area contributed by atoms with Crippen molar-refractivity contribution in [3.05, 3.63) is 64.8 Å². The highest BCUT2D eigenvalue weighted by Gasteiger charge is 2.37. The fraction of sp³-hybridized carbons (Fsp3) is 0.320. The highest BCUT2D eigenvalue weighted by Crippen LogP contribution is 2.37. The van der Waals surface area contributed by atoms with Crippen molar-refractivity contribution in [2.75, 3.05) is 38.6 Å². The first-order valence-electron chi connectivity index (χ1n) is 13.1. The molecule has 2 aromatic carbocycles. The molecule has 2 aromatic heterocycles. The molecule has 0 bridgehead atoms. The number of carbonyl (C=O) groups excluding carboxylic acids is 1. The first-order valence-corrected chi connectivity index (χ1v) is 17.1. The Morgan fingerprint density at radius 3 is 2.43 bits per heavy atom. The number of carboxylic acid groups (broad SMARTS) is 1. The number of benzene rings is 2. The van der Waals surface area contributed by atoms with Crippen molar-refractivity contribution >= 4 is 53.6 Å². The Hall–Kier alpha value is -4.01. The Kier molecular flexibility index (Phi) is 9.23. The van der Waals surface area contributed by atoms with Gasteiger partial charge in [0.15, 0.2) is 15.1 Å². The van der Waals surface area contributed by atoms with Gasteiger partial charge in [-0.3, -0.25) is 4.79 Å². The molecule has 5 N–H and O–H groups in total. The molecular formula is C25H27N7O9S3. The fourth-order valence-electron chi connectivity index (χ4n) is 4.43. The van der Waals surface area contributed by atoms with E-state index in [0.29, 0.717) is 42.1 Å². The summed E-state index contributed by atoms with van der Waals surface area (Å²) < 4.78 is 62.8. The Morgan fingerprint density at radius 2 is 1.75 bits per heavy atom. The third-order valence-corrected chi connectivity index (χ3v) is 10.2. The van der Waals surface area contributed by atoms with E-state index < -0.39 is 50.2 Å². The van der Waals surface area contributed by atoms with Crippen LogP contribution >= 0.6 is 11.3 Å². The number of aromatic nitrogens is 3. The molecule has 234 valence electrons. The van der Waals surface area contributed by atoms with Gasteiger partial charge in [-0.25, -0.2) is 23.3 Å². The van der Waals surface area contributed by atoms with Crippen LogP contribution in [0, 0.1) is 0 Å². The molecular weight excluding hydrogens is 639 g/mol. The van der Waals surface area contributed by atoms with Crippen molar-refractivity contribution in [2.45, 2.75) is 11.8 Å². The summed E-state index contributed by atoms with van der Waals surface area (Å²) in [7, 11) is -8.25. The second kappa shape index (κ2) is 12.9. The minimum absolute atomic E-state index is 0.0715. The predicted molar refractivity (Wildman–Crippen MR) is 158 cm³/mol. The molecule has 0 radical (unpaired) electrons. The van der Waals surface area contributed by atoms with Crippen molar-refractivity contribution in [2.24, 2.45) is 5.14 Å². The molecule has 2 amide bonds. The maximum absolute atomic E-state index is 13.4. The number of hydrogen-bond acceptors (Lipinski definition) is 12. The zero-order chi connectivity index (χ0) is 31.5. The van der Waals surface area contributed by atoms with E-state index in [-0.39, 0.29) is 22.7 Å². The van der Waals surface area contributed by atoms with E-state index in [9.17, 15) is 26.4 Å². The number of nitrogens with one attached hydrogen (secondary N) is 2. The molecule has 0 saturated carbocycles. The monoisotopic (exact) mass is 665 g/mol. The van der Waals surface area contributed by atoms with Gasteiger partial charge >= 0.3 is 6.09 Å². The van der Waals surface area contributed by atoms with Gasteiger partial charge in [0.25, 0.3) is 16.1 Å². The van der Waals surface area contributed by atoms with Crippen LogP contribution in [0.2, 0.25) is 0 Å². The molecule has 0 aliphatic carbocycles. The quantitative estimate of drug-likeness (QED) is 0.175. The van der Waals surface area contributed by atoms with Crippen LogP contribution in [-0.2, 0) is 31.3 Å². The van der Waals surface area contributed by atoms with Crippen LogP contribution in [0.1, 0.15) is 32.4 Å². The number of fused-ring (bicyclic) bond motifs is 1. The normalized spacial score (nSPS) is 14.9. The van der Waals surface area contributed by atoms with Gasteiger partial charge in [-0.05, 0) is 35.4 Å². The molecule has 1 fully saturated rings. The lowest BCUT2D eigenvalue weighted by atomic mass is 10.0. The zero-order valence-electron chi connectivity index (χ0n) is 22.9. The first-order chi connectivity index (χ1) is 20.9. The SMILES string of the molecule is NS(=O)(=O)NCc1nnc(C(c2nc3ccc(-c4ccc(C(=O)N5CCOCC5)cc4)cc3s2)S(=O)(=O)CCNC(=O)O)o1. The van der Waals surface area contributed by atoms with E-state index in [0.717, 1.165) is 22.5 Å². The molecule has 1 atom stereocenters. The topological polar surface area (TPSA) is 237 Å². The van der Waals surface area contributed by atoms with Crippen LogP contribution < -0.4 is 15.2 Å². The molecule has 16 nitrogen and oxygen atoms in total. The summed E-state index contributed by atoms with van der Waals surface area (Å²) in [4.78, 5) is 29.9. The number of nitrogens with zero attached hydrogens (tertiary/aromatic N) is 4. The second-order valence-electron chi connectivity index (χ2n) is 9.60. The van der Waals surface area contributed by atoms with Gasteiger partial charge in [-0.2, -0.15) is 13.1 Å². The van der Waals surface area contributed by atoms with E-state index >= 15 is 0 Å². The molecule has 0 spiro atoms. The number of morpholine rings is 1.